The molecule has 1 unspecified atom stereocenters. The van der Waals surface area contributed by atoms with Crippen LogP contribution >= 0.6 is 0 Å². The minimum atomic E-state index is -0.900. The van der Waals surface area contributed by atoms with Gasteiger partial charge >= 0.3 is 0 Å². The average molecular weight is 287 g/mol. The number of oxime groups is 1. The maximum atomic E-state index is 12.5. The van der Waals surface area contributed by atoms with Crippen LogP contribution in [0.3, 0.4) is 0 Å². The Labute approximate surface area is 124 Å². The van der Waals surface area contributed by atoms with Crippen molar-refractivity contribution in [1.82, 2.24) is 10.6 Å². The first-order chi connectivity index (χ1) is 10.2. The molecule has 1 aromatic rings. The Bertz CT molecular complexity index is 538. The number of carbonyl (C=O) groups is 1. The number of carbonyl (C=O) groups excluding carboxylic acids is 1. The topological polar surface area (TPSA) is 62.7 Å². The van der Waals surface area contributed by atoms with Gasteiger partial charge in [-0.15, -0.1) is 0 Å². The lowest BCUT2D eigenvalue weighted by Crippen LogP contribution is -2.52. The summed E-state index contributed by atoms with van der Waals surface area (Å²) in [6.45, 7) is 3.66. The van der Waals surface area contributed by atoms with Gasteiger partial charge in [-0.25, -0.2) is 0 Å². The zero-order chi connectivity index (χ0) is 14.7. The highest BCUT2D eigenvalue weighted by molar-refractivity contribution is 6.05. The highest BCUT2D eigenvalue weighted by Crippen LogP contribution is 2.27. The van der Waals surface area contributed by atoms with Gasteiger partial charge in [0.15, 0.2) is 0 Å². The van der Waals surface area contributed by atoms with Crippen LogP contribution in [0.4, 0.5) is 0 Å². The molecule has 1 amide bonds. The number of amides is 1. The van der Waals surface area contributed by atoms with Crippen LogP contribution in [0.15, 0.2) is 35.5 Å². The number of rotatable bonds is 3. The quantitative estimate of drug-likeness (QED) is 0.884. The second-order valence-corrected chi connectivity index (χ2v) is 5.92. The highest BCUT2D eigenvalue weighted by atomic mass is 16.7. The lowest BCUT2D eigenvalue weighted by Gasteiger charge is -2.28. The Kier molecular flexibility index (Phi) is 3.92. The first-order valence-corrected chi connectivity index (χ1v) is 7.49. The monoisotopic (exact) mass is 287 g/mol. The first kappa shape index (κ1) is 14.1. The summed E-state index contributed by atoms with van der Waals surface area (Å²) in [5.41, 5.74) is 0.936. The van der Waals surface area contributed by atoms with E-state index in [-0.39, 0.29) is 11.9 Å². The van der Waals surface area contributed by atoms with Gasteiger partial charge in [0.2, 0.25) is 5.60 Å². The standard InChI is InChI=1S/C16H21N3O2/c1-16(15(20)18-13-8-5-9-17-11-13)10-14(19-21-16)12-6-3-2-4-7-12/h2-4,6-7,13,17H,5,8-11H2,1H3,(H,18,20)/t13-,16?/m0/s1. The minimum Gasteiger partial charge on any atom is -0.379 e. The van der Waals surface area contributed by atoms with Crippen LogP contribution in [0, 0.1) is 0 Å². The van der Waals surface area contributed by atoms with Crippen molar-refractivity contribution in [2.24, 2.45) is 5.16 Å². The maximum Gasteiger partial charge on any atom is 0.267 e. The van der Waals surface area contributed by atoms with Gasteiger partial charge in [-0.3, -0.25) is 4.79 Å². The van der Waals surface area contributed by atoms with Gasteiger partial charge in [-0.1, -0.05) is 35.5 Å². The van der Waals surface area contributed by atoms with Gasteiger partial charge in [0.1, 0.15) is 0 Å². The molecule has 5 nitrogen and oxygen atoms in total. The van der Waals surface area contributed by atoms with E-state index >= 15 is 0 Å². The molecule has 2 aliphatic heterocycles. The molecule has 0 bridgehead atoms. The molecule has 0 radical (unpaired) electrons. The van der Waals surface area contributed by atoms with E-state index in [1.54, 1.807) is 6.92 Å². The van der Waals surface area contributed by atoms with Crippen LogP contribution in [-0.2, 0) is 9.63 Å². The molecule has 21 heavy (non-hydrogen) atoms. The molecule has 3 rings (SSSR count). The number of nitrogens with zero attached hydrogens (tertiary/aromatic N) is 1. The molecule has 0 aromatic heterocycles. The Balaban J connectivity index is 1.62. The average Bonchev–Trinajstić information content (AvgIpc) is 2.93. The van der Waals surface area contributed by atoms with Crippen LogP contribution in [0.25, 0.3) is 0 Å². The third-order valence-electron chi connectivity index (χ3n) is 4.08. The van der Waals surface area contributed by atoms with Crippen LogP contribution in [0.5, 0.6) is 0 Å². The molecule has 0 spiro atoms. The lowest BCUT2D eigenvalue weighted by molar-refractivity contribution is -0.142. The van der Waals surface area contributed by atoms with Crippen LogP contribution in [0.1, 0.15) is 31.7 Å². The molecule has 2 aliphatic rings. The third kappa shape index (κ3) is 3.08. The van der Waals surface area contributed by atoms with Crippen molar-refractivity contribution in [2.75, 3.05) is 13.1 Å². The number of nitrogens with one attached hydrogen (secondary N) is 2. The number of benzene rings is 1. The Morgan fingerprint density at radius 2 is 2.24 bits per heavy atom. The number of hydrogen-bond acceptors (Lipinski definition) is 4. The summed E-state index contributed by atoms with van der Waals surface area (Å²) in [5, 5.41) is 10.5. The van der Waals surface area contributed by atoms with Crippen molar-refractivity contribution in [3.05, 3.63) is 35.9 Å². The SMILES string of the molecule is CC1(C(=O)N[C@H]2CCCNC2)CC(c2ccccc2)=NO1. The van der Waals surface area contributed by atoms with Crippen molar-refractivity contribution >= 4 is 11.6 Å². The predicted molar refractivity (Wildman–Crippen MR) is 81.1 cm³/mol. The summed E-state index contributed by atoms with van der Waals surface area (Å²) in [6, 6.07) is 10.0. The largest absolute Gasteiger partial charge is 0.379 e. The van der Waals surface area contributed by atoms with Gasteiger partial charge in [0.05, 0.1) is 5.71 Å². The van der Waals surface area contributed by atoms with Crippen molar-refractivity contribution in [1.29, 1.82) is 0 Å². The summed E-state index contributed by atoms with van der Waals surface area (Å²) >= 11 is 0. The second-order valence-electron chi connectivity index (χ2n) is 5.92. The molecule has 2 heterocycles. The molecular weight excluding hydrogens is 266 g/mol. The van der Waals surface area contributed by atoms with Crippen LogP contribution in [0.2, 0.25) is 0 Å². The van der Waals surface area contributed by atoms with Crippen molar-refractivity contribution < 1.29 is 9.63 Å². The van der Waals surface area contributed by atoms with Crippen molar-refractivity contribution in [3.8, 4) is 0 Å². The van der Waals surface area contributed by atoms with E-state index < -0.39 is 5.60 Å². The Morgan fingerprint density at radius 3 is 2.95 bits per heavy atom. The van der Waals surface area contributed by atoms with E-state index in [0.717, 1.165) is 37.2 Å². The molecule has 0 saturated carbocycles. The fraction of sp³-hybridized carbons (Fsp3) is 0.500. The molecule has 1 saturated heterocycles. The van der Waals surface area contributed by atoms with Crippen LogP contribution in [-0.4, -0.2) is 36.4 Å². The lowest BCUT2D eigenvalue weighted by atomic mass is 9.94. The molecule has 2 atom stereocenters. The number of piperidine rings is 1. The molecule has 1 aromatic carbocycles. The molecule has 112 valence electrons. The number of hydrogen-bond donors (Lipinski definition) is 2. The third-order valence-corrected chi connectivity index (χ3v) is 4.08. The molecule has 2 N–H and O–H groups in total. The van der Waals surface area contributed by atoms with Gasteiger partial charge in [0, 0.05) is 19.0 Å². The molecule has 1 fully saturated rings. The summed E-state index contributed by atoms with van der Waals surface area (Å²) in [7, 11) is 0. The van der Waals surface area contributed by atoms with Gasteiger partial charge in [-0.05, 0) is 31.9 Å². The van der Waals surface area contributed by atoms with Gasteiger partial charge < -0.3 is 15.5 Å². The fourth-order valence-corrected chi connectivity index (χ4v) is 2.76. The molecule has 0 aliphatic carbocycles. The Morgan fingerprint density at radius 1 is 1.43 bits per heavy atom. The van der Waals surface area contributed by atoms with E-state index in [1.165, 1.54) is 0 Å². The van der Waals surface area contributed by atoms with Gasteiger partial charge in [-0.2, -0.15) is 0 Å². The van der Waals surface area contributed by atoms with E-state index in [0.29, 0.717) is 6.42 Å². The summed E-state index contributed by atoms with van der Waals surface area (Å²) in [5.74, 6) is -0.0779. The molecular formula is C16H21N3O2. The maximum absolute atomic E-state index is 12.5. The smallest absolute Gasteiger partial charge is 0.267 e. The first-order valence-electron chi connectivity index (χ1n) is 7.49. The zero-order valence-corrected chi connectivity index (χ0v) is 12.3. The fourth-order valence-electron chi connectivity index (χ4n) is 2.76. The van der Waals surface area contributed by atoms with E-state index in [4.69, 9.17) is 4.84 Å². The van der Waals surface area contributed by atoms with Gasteiger partial charge in [0.25, 0.3) is 5.91 Å². The van der Waals surface area contributed by atoms with E-state index in [1.807, 2.05) is 30.3 Å². The summed E-state index contributed by atoms with van der Waals surface area (Å²) in [4.78, 5) is 17.9. The molecule has 5 heteroatoms. The zero-order valence-electron chi connectivity index (χ0n) is 12.3. The highest BCUT2D eigenvalue weighted by Gasteiger charge is 2.42. The normalized spacial score (nSPS) is 28.6. The van der Waals surface area contributed by atoms with Crippen molar-refractivity contribution in [2.45, 2.75) is 37.8 Å². The second kappa shape index (κ2) is 5.85. The Hall–Kier alpha value is -1.88. The van der Waals surface area contributed by atoms with E-state index in [2.05, 4.69) is 15.8 Å². The summed E-state index contributed by atoms with van der Waals surface area (Å²) < 4.78 is 0. The van der Waals surface area contributed by atoms with E-state index in [9.17, 15) is 4.79 Å². The van der Waals surface area contributed by atoms with Crippen LogP contribution < -0.4 is 10.6 Å². The minimum absolute atomic E-state index is 0.0779. The van der Waals surface area contributed by atoms with Crippen molar-refractivity contribution in [3.63, 3.8) is 0 Å². The summed E-state index contributed by atoms with van der Waals surface area (Å²) in [6.07, 6.45) is 2.61. The predicted octanol–water partition coefficient (Wildman–Crippen LogP) is 1.44.